The van der Waals surface area contributed by atoms with E-state index in [1.165, 1.54) is 11.3 Å². The summed E-state index contributed by atoms with van der Waals surface area (Å²) in [6.45, 7) is 4.04. The van der Waals surface area contributed by atoms with Crippen molar-refractivity contribution >= 4 is 50.3 Å². The molecule has 1 aromatic heterocycles. The summed E-state index contributed by atoms with van der Waals surface area (Å²) in [4.78, 5) is 21.6. The number of benzene rings is 2. The van der Waals surface area contributed by atoms with Gasteiger partial charge in [0.2, 0.25) is 0 Å². The molecule has 0 radical (unpaired) electrons. The Morgan fingerprint density at radius 2 is 2.00 bits per heavy atom. The molecular weight excluding hydrogens is 418 g/mol. The van der Waals surface area contributed by atoms with Gasteiger partial charge in [0.1, 0.15) is 5.75 Å². The van der Waals surface area contributed by atoms with E-state index in [0.29, 0.717) is 23.3 Å². The molecule has 0 saturated heterocycles. The number of nitrogens with zero attached hydrogens (tertiary/aromatic N) is 3. The molecular formula is C23H26ClN3O2S. The van der Waals surface area contributed by atoms with E-state index in [1.807, 2.05) is 63.5 Å². The summed E-state index contributed by atoms with van der Waals surface area (Å²) in [6, 6.07) is 13.3. The molecule has 0 unspecified atom stereocenters. The van der Waals surface area contributed by atoms with Gasteiger partial charge in [-0.1, -0.05) is 41.1 Å². The standard InChI is InChI=1S/C23H26ClN3O2S/c1-4-29-18-11-12-20-21(16-18)30-23(25-20)27(15-7-14-26(2)3)22(28)13-10-17-8-5-6-9-19(17)24/h5-6,8-13,16H,4,7,14-15H2,1-3H3/b13-10+. The molecule has 0 aliphatic rings. The minimum Gasteiger partial charge on any atom is -0.494 e. The molecule has 0 N–H and O–H groups in total. The minimum absolute atomic E-state index is 0.113. The Balaban J connectivity index is 1.86. The highest BCUT2D eigenvalue weighted by Gasteiger charge is 2.18. The van der Waals surface area contributed by atoms with Gasteiger partial charge in [-0.3, -0.25) is 9.69 Å². The Morgan fingerprint density at radius 1 is 1.20 bits per heavy atom. The second-order valence-corrected chi connectivity index (χ2v) is 8.48. The Bertz CT molecular complexity index is 1030. The van der Waals surface area contributed by atoms with E-state index in [-0.39, 0.29) is 5.91 Å². The number of halogens is 1. The Kier molecular flexibility index (Phi) is 7.85. The Hall–Kier alpha value is -2.41. The maximum atomic E-state index is 13.1. The first kappa shape index (κ1) is 22.3. The first-order valence-corrected chi connectivity index (χ1v) is 11.1. The average molecular weight is 444 g/mol. The highest BCUT2D eigenvalue weighted by molar-refractivity contribution is 7.22. The van der Waals surface area contributed by atoms with Crippen molar-refractivity contribution in [1.82, 2.24) is 9.88 Å². The zero-order chi connectivity index (χ0) is 21.5. The smallest absolute Gasteiger partial charge is 0.252 e. The summed E-state index contributed by atoms with van der Waals surface area (Å²) in [5.74, 6) is 0.696. The first-order valence-electron chi connectivity index (χ1n) is 9.90. The van der Waals surface area contributed by atoms with Gasteiger partial charge in [-0.2, -0.15) is 0 Å². The molecule has 0 saturated carbocycles. The van der Waals surface area contributed by atoms with Gasteiger partial charge < -0.3 is 9.64 Å². The molecule has 3 rings (SSSR count). The fraction of sp³-hybridized carbons (Fsp3) is 0.304. The van der Waals surface area contributed by atoms with Crippen LogP contribution in [0.3, 0.4) is 0 Å². The lowest BCUT2D eigenvalue weighted by molar-refractivity contribution is -0.114. The summed E-state index contributed by atoms with van der Waals surface area (Å²) in [5.41, 5.74) is 1.67. The quantitative estimate of drug-likeness (QED) is 0.418. The fourth-order valence-electron chi connectivity index (χ4n) is 2.97. The van der Waals surface area contributed by atoms with Crippen LogP contribution in [0.5, 0.6) is 5.75 Å². The molecule has 0 bridgehead atoms. The van der Waals surface area contributed by atoms with E-state index in [1.54, 1.807) is 17.1 Å². The van der Waals surface area contributed by atoms with Crippen LogP contribution in [0.25, 0.3) is 16.3 Å². The molecule has 0 aliphatic carbocycles. The lowest BCUT2D eigenvalue weighted by Gasteiger charge is -2.19. The van der Waals surface area contributed by atoms with Gasteiger partial charge in [-0.05, 0) is 69.9 Å². The monoisotopic (exact) mass is 443 g/mol. The molecule has 0 fully saturated rings. The van der Waals surface area contributed by atoms with E-state index in [2.05, 4.69) is 4.90 Å². The molecule has 5 nitrogen and oxygen atoms in total. The van der Waals surface area contributed by atoms with Crippen LogP contribution in [0.1, 0.15) is 18.9 Å². The SMILES string of the molecule is CCOc1ccc2nc(N(CCCN(C)C)C(=O)/C=C/c3ccccc3Cl)sc2c1. The van der Waals surface area contributed by atoms with Crippen LogP contribution < -0.4 is 9.64 Å². The number of ether oxygens (including phenoxy) is 1. The van der Waals surface area contributed by atoms with Gasteiger partial charge in [-0.15, -0.1) is 0 Å². The molecule has 158 valence electrons. The zero-order valence-corrected chi connectivity index (χ0v) is 19.0. The van der Waals surface area contributed by atoms with Crippen LogP contribution in [-0.2, 0) is 4.79 Å². The number of carbonyl (C=O) groups is 1. The molecule has 3 aromatic rings. The van der Waals surface area contributed by atoms with E-state index < -0.39 is 0 Å². The minimum atomic E-state index is -0.113. The third-order valence-electron chi connectivity index (χ3n) is 4.45. The summed E-state index contributed by atoms with van der Waals surface area (Å²) < 4.78 is 6.59. The van der Waals surface area contributed by atoms with Crippen LogP contribution >= 0.6 is 22.9 Å². The van der Waals surface area contributed by atoms with Gasteiger partial charge >= 0.3 is 0 Å². The molecule has 7 heteroatoms. The van der Waals surface area contributed by atoms with Gasteiger partial charge in [0.05, 0.1) is 16.8 Å². The summed E-state index contributed by atoms with van der Waals surface area (Å²) >= 11 is 7.71. The van der Waals surface area contributed by atoms with Crippen molar-refractivity contribution in [3.8, 4) is 5.75 Å². The highest BCUT2D eigenvalue weighted by atomic mass is 35.5. The van der Waals surface area contributed by atoms with Gasteiger partial charge in [-0.25, -0.2) is 4.98 Å². The number of fused-ring (bicyclic) bond motifs is 1. The lowest BCUT2D eigenvalue weighted by Crippen LogP contribution is -2.32. The average Bonchev–Trinajstić information content (AvgIpc) is 3.13. The molecule has 0 spiro atoms. The molecule has 2 aromatic carbocycles. The van der Waals surface area contributed by atoms with Gasteiger partial charge in [0, 0.05) is 17.6 Å². The molecule has 30 heavy (non-hydrogen) atoms. The maximum absolute atomic E-state index is 13.1. The number of rotatable bonds is 9. The second-order valence-electron chi connectivity index (χ2n) is 7.06. The maximum Gasteiger partial charge on any atom is 0.252 e. The molecule has 1 heterocycles. The van der Waals surface area contributed by atoms with E-state index in [0.717, 1.165) is 34.5 Å². The summed E-state index contributed by atoms with van der Waals surface area (Å²) in [7, 11) is 4.05. The number of anilines is 1. The van der Waals surface area contributed by atoms with Crippen LogP contribution in [0.15, 0.2) is 48.5 Å². The predicted octanol–water partition coefficient (Wildman–Crippen LogP) is 5.35. The predicted molar refractivity (Wildman–Crippen MR) is 127 cm³/mol. The Labute approximate surface area is 186 Å². The molecule has 0 aliphatic heterocycles. The lowest BCUT2D eigenvalue weighted by atomic mass is 10.2. The van der Waals surface area contributed by atoms with Gasteiger partial charge in [0.15, 0.2) is 5.13 Å². The van der Waals surface area contributed by atoms with Crippen LogP contribution in [0, 0.1) is 0 Å². The number of thiazole rings is 1. The van der Waals surface area contributed by atoms with E-state index in [9.17, 15) is 4.79 Å². The van der Waals surface area contributed by atoms with E-state index >= 15 is 0 Å². The number of amides is 1. The summed E-state index contributed by atoms with van der Waals surface area (Å²) in [6.07, 6.45) is 4.16. The second kappa shape index (κ2) is 10.6. The van der Waals surface area contributed by atoms with Crippen molar-refractivity contribution < 1.29 is 9.53 Å². The topological polar surface area (TPSA) is 45.7 Å². The number of hydrogen-bond acceptors (Lipinski definition) is 5. The van der Waals surface area contributed by atoms with Crippen molar-refractivity contribution in [3.63, 3.8) is 0 Å². The largest absolute Gasteiger partial charge is 0.494 e. The fourth-order valence-corrected chi connectivity index (χ4v) is 4.20. The molecule has 1 amide bonds. The number of hydrogen-bond donors (Lipinski definition) is 0. The van der Waals surface area contributed by atoms with Crippen molar-refractivity contribution in [3.05, 3.63) is 59.1 Å². The van der Waals surface area contributed by atoms with E-state index in [4.69, 9.17) is 21.3 Å². The van der Waals surface area contributed by atoms with Crippen LogP contribution in [0.4, 0.5) is 5.13 Å². The Morgan fingerprint density at radius 3 is 2.73 bits per heavy atom. The van der Waals surface area contributed by atoms with Gasteiger partial charge in [0.25, 0.3) is 5.91 Å². The zero-order valence-electron chi connectivity index (χ0n) is 17.5. The normalized spacial score (nSPS) is 11.5. The van der Waals surface area contributed by atoms with Crippen molar-refractivity contribution in [2.45, 2.75) is 13.3 Å². The number of carbonyl (C=O) groups excluding carboxylic acids is 1. The van der Waals surface area contributed by atoms with Crippen LogP contribution in [0.2, 0.25) is 5.02 Å². The highest BCUT2D eigenvalue weighted by Crippen LogP contribution is 2.32. The number of aromatic nitrogens is 1. The van der Waals surface area contributed by atoms with Crippen molar-refractivity contribution in [1.29, 1.82) is 0 Å². The van der Waals surface area contributed by atoms with Crippen molar-refractivity contribution in [2.24, 2.45) is 0 Å². The van der Waals surface area contributed by atoms with Crippen LogP contribution in [-0.4, -0.2) is 49.6 Å². The summed E-state index contributed by atoms with van der Waals surface area (Å²) in [5, 5.41) is 1.30. The van der Waals surface area contributed by atoms with Crippen molar-refractivity contribution in [2.75, 3.05) is 38.7 Å². The third kappa shape index (κ3) is 5.81. The first-order chi connectivity index (χ1) is 14.5. The third-order valence-corrected chi connectivity index (χ3v) is 5.84. The molecule has 0 atom stereocenters.